The van der Waals surface area contributed by atoms with Crippen molar-refractivity contribution in [3.05, 3.63) is 83.9 Å². The van der Waals surface area contributed by atoms with Gasteiger partial charge in [0, 0.05) is 5.56 Å². The molecule has 1 N–H and O–H groups in total. The Bertz CT molecular complexity index is 685. The van der Waals surface area contributed by atoms with Crippen LogP contribution in [0.15, 0.2) is 72.8 Å². The summed E-state index contributed by atoms with van der Waals surface area (Å²) >= 11 is 0. The zero-order valence-corrected chi connectivity index (χ0v) is 13.2. The van der Waals surface area contributed by atoms with Crippen molar-refractivity contribution >= 4 is 0 Å². The normalized spacial score (nSPS) is 32.3. The molecule has 0 amide bonds. The summed E-state index contributed by atoms with van der Waals surface area (Å²) in [6.45, 7) is -0.0596. The molecule has 2 aliphatic rings. The molecule has 4 rings (SSSR count). The van der Waals surface area contributed by atoms with Crippen LogP contribution >= 0.6 is 0 Å². The van der Waals surface area contributed by atoms with Crippen molar-refractivity contribution in [2.45, 2.75) is 24.8 Å². The van der Waals surface area contributed by atoms with Crippen molar-refractivity contribution in [1.82, 2.24) is 0 Å². The molecule has 2 aromatic carbocycles. The van der Waals surface area contributed by atoms with Gasteiger partial charge in [0.1, 0.15) is 6.10 Å². The van der Waals surface area contributed by atoms with E-state index in [1.807, 2.05) is 60.7 Å². The number of fused-ring (bicyclic) bond motifs is 1. The van der Waals surface area contributed by atoms with Gasteiger partial charge in [0.25, 0.3) is 0 Å². The van der Waals surface area contributed by atoms with Crippen molar-refractivity contribution in [2.75, 3.05) is 6.61 Å². The van der Waals surface area contributed by atoms with E-state index in [-0.39, 0.29) is 24.7 Å². The maximum atomic E-state index is 9.38. The van der Waals surface area contributed by atoms with Crippen LogP contribution < -0.4 is 0 Å². The summed E-state index contributed by atoms with van der Waals surface area (Å²) in [4.78, 5) is 0. The zero-order valence-electron chi connectivity index (χ0n) is 13.2. The van der Waals surface area contributed by atoms with Gasteiger partial charge in [-0.2, -0.15) is 0 Å². The number of aliphatic hydroxyl groups is 1. The lowest BCUT2D eigenvalue weighted by molar-refractivity contribution is -0.342. The fraction of sp³-hybridized carbons (Fsp3) is 0.300. The molecule has 0 unspecified atom stereocenters. The summed E-state index contributed by atoms with van der Waals surface area (Å²) in [5, 5.41) is 9.38. The molecule has 4 heteroatoms. The van der Waals surface area contributed by atoms with E-state index in [0.29, 0.717) is 0 Å². The van der Waals surface area contributed by atoms with Gasteiger partial charge in [-0.15, -0.1) is 0 Å². The number of aliphatic hydroxyl groups excluding tert-OH is 1. The molecular weight excluding hydrogens is 304 g/mol. The summed E-state index contributed by atoms with van der Waals surface area (Å²) in [6, 6.07) is 20.0. The van der Waals surface area contributed by atoms with Crippen LogP contribution in [0.25, 0.3) is 0 Å². The molecular formula is C20H20O4. The molecule has 5 atom stereocenters. The van der Waals surface area contributed by atoms with E-state index < -0.39 is 12.6 Å². The second-order valence-electron chi connectivity index (χ2n) is 6.03. The monoisotopic (exact) mass is 324 g/mol. The first-order valence-electron chi connectivity index (χ1n) is 8.20. The second kappa shape index (κ2) is 6.87. The van der Waals surface area contributed by atoms with E-state index in [4.69, 9.17) is 14.2 Å². The zero-order chi connectivity index (χ0) is 16.4. The molecule has 2 heterocycles. The highest BCUT2D eigenvalue weighted by atomic mass is 16.8. The predicted octanol–water partition coefficient (Wildman–Crippen LogP) is 3.36. The number of benzene rings is 2. The SMILES string of the molecule is OC[C@@H]1C=C[C@H]2[C@H](O[C@@H](c3ccccc3)O[C@H]2c2ccccc2)O1. The van der Waals surface area contributed by atoms with Gasteiger partial charge >= 0.3 is 0 Å². The number of hydrogen-bond donors (Lipinski definition) is 1. The lowest BCUT2D eigenvalue weighted by atomic mass is 9.91. The third-order valence-electron chi connectivity index (χ3n) is 4.43. The summed E-state index contributed by atoms with van der Waals surface area (Å²) in [7, 11) is 0. The van der Waals surface area contributed by atoms with Crippen LogP contribution in [0.5, 0.6) is 0 Å². The first-order valence-corrected chi connectivity index (χ1v) is 8.20. The molecule has 24 heavy (non-hydrogen) atoms. The highest BCUT2D eigenvalue weighted by Crippen LogP contribution is 2.44. The van der Waals surface area contributed by atoms with Gasteiger partial charge in [0.05, 0.1) is 18.6 Å². The molecule has 0 saturated carbocycles. The van der Waals surface area contributed by atoms with Gasteiger partial charge in [-0.05, 0) is 5.56 Å². The van der Waals surface area contributed by atoms with Gasteiger partial charge in [0.15, 0.2) is 12.6 Å². The fourth-order valence-corrected chi connectivity index (χ4v) is 3.21. The Morgan fingerprint density at radius 2 is 1.42 bits per heavy atom. The lowest BCUT2D eigenvalue weighted by Crippen LogP contribution is -2.43. The fourth-order valence-electron chi connectivity index (χ4n) is 3.21. The average Bonchev–Trinajstić information content (AvgIpc) is 2.68. The van der Waals surface area contributed by atoms with Crippen LogP contribution in [0.4, 0.5) is 0 Å². The van der Waals surface area contributed by atoms with Gasteiger partial charge in [0.2, 0.25) is 0 Å². The molecule has 1 saturated heterocycles. The quantitative estimate of drug-likeness (QED) is 0.880. The molecule has 0 radical (unpaired) electrons. The molecule has 2 aliphatic heterocycles. The van der Waals surface area contributed by atoms with Crippen LogP contribution in [-0.4, -0.2) is 24.1 Å². The second-order valence-corrected chi connectivity index (χ2v) is 6.03. The molecule has 0 aliphatic carbocycles. The molecule has 0 spiro atoms. The van der Waals surface area contributed by atoms with E-state index in [1.54, 1.807) is 0 Å². The van der Waals surface area contributed by atoms with Crippen molar-refractivity contribution < 1.29 is 19.3 Å². The summed E-state index contributed by atoms with van der Waals surface area (Å²) in [5.74, 6) is -0.0461. The van der Waals surface area contributed by atoms with Crippen molar-refractivity contribution in [3.8, 4) is 0 Å². The van der Waals surface area contributed by atoms with E-state index in [0.717, 1.165) is 11.1 Å². The smallest absolute Gasteiger partial charge is 0.187 e. The van der Waals surface area contributed by atoms with Crippen LogP contribution in [0, 0.1) is 5.92 Å². The largest absolute Gasteiger partial charge is 0.393 e. The molecule has 0 aromatic heterocycles. The Morgan fingerprint density at radius 1 is 0.750 bits per heavy atom. The van der Waals surface area contributed by atoms with Crippen LogP contribution in [0.2, 0.25) is 0 Å². The highest BCUT2D eigenvalue weighted by Gasteiger charge is 2.42. The van der Waals surface area contributed by atoms with E-state index in [2.05, 4.69) is 12.1 Å². The highest BCUT2D eigenvalue weighted by molar-refractivity contribution is 5.23. The number of hydrogen-bond acceptors (Lipinski definition) is 4. The number of ether oxygens (including phenoxy) is 3. The minimum atomic E-state index is -0.497. The molecule has 124 valence electrons. The molecule has 0 bridgehead atoms. The van der Waals surface area contributed by atoms with Gasteiger partial charge in [-0.3, -0.25) is 0 Å². The standard InChI is InChI=1S/C20H20O4/c21-13-16-11-12-17-18(14-7-3-1-4-8-14)23-19(24-20(17)22-16)15-9-5-2-6-10-15/h1-12,16-21H,13H2/t16-,17+,18-,19-,20-/m0/s1. The Kier molecular flexibility index (Phi) is 4.45. The molecule has 4 nitrogen and oxygen atoms in total. The minimum Gasteiger partial charge on any atom is -0.393 e. The van der Waals surface area contributed by atoms with Crippen LogP contribution in [0.3, 0.4) is 0 Å². The average molecular weight is 324 g/mol. The topological polar surface area (TPSA) is 47.9 Å². The lowest BCUT2D eigenvalue weighted by Gasteiger charge is -2.43. The summed E-state index contributed by atoms with van der Waals surface area (Å²) < 4.78 is 18.2. The first-order chi connectivity index (χ1) is 11.8. The van der Waals surface area contributed by atoms with E-state index in [1.165, 1.54) is 0 Å². The third-order valence-corrected chi connectivity index (χ3v) is 4.43. The Hall–Kier alpha value is -1.98. The predicted molar refractivity (Wildman–Crippen MR) is 88.9 cm³/mol. The maximum absolute atomic E-state index is 9.38. The maximum Gasteiger partial charge on any atom is 0.187 e. The molecule has 2 aromatic rings. The van der Waals surface area contributed by atoms with Crippen molar-refractivity contribution in [3.63, 3.8) is 0 Å². The van der Waals surface area contributed by atoms with Crippen molar-refractivity contribution in [2.24, 2.45) is 5.92 Å². The Morgan fingerprint density at radius 3 is 2.08 bits per heavy atom. The minimum absolute atomic E-state index is 0.0461. The van der Waals surface area contributed by atoms with Gasteiger partial charge < -0.3 is 19.3 Å². The summed E-state index contributed by atoms with van der Waals surface area (Å²) in [6.07, 6.45) is 2.48. The van der Waals surface area contributed by atoms with Gasteiger partial charge in [-0.1, -0.05) is 72.8 Å². The Balaban J connectivity index is 1.67. The van der Waals surface area contributed by atoms with Crippen molar-refractivity contribution in [1.29, 1.82) is 0 Å². The van der Waals surface area contributed by atoms with E-state index >= 15 is 0 Å². The third kappa shape index (κ3) is 3.01. The van der Waals surface area contributed by atoms with Crippen LogP contribution in [-0.2, 0) is 14.2 Å². The van der Waals surface area contributed by atoms with E-state index in [9.17, 15) is 5.11 Å². The summed E-state index contributed by atoms with van der Waals surface area (Å²) in [5.41, 5.74) is 2.04. The Labute approximate surface area is 141 Å². The van der Waals surface area contributed by atoms with Crippen LogP contribution in [0.1, 0.15) is 23.5 Å². The first kappa shape index (κ1) is 15.5. The molecule has 1 fully saturated rings. The van der Waals surface area contributed by atoms with Gasteiger partial charge in [-0.25, -0.2) is 0 Å². The number of rotatable bonds is 3.